The second-order valence-corrected chi connectivity index (χ2v) is 16.6. The molecule has 0 aliphatic heterocycles. The van der Waals surface area contributed by atoms with E-state index in [0.29, 0.717) is 0 Å². The van der Waals surface area contributed by atoms with Crippen LogP contribution in [0, 0.1) is 0 Å². The van der Waals surface area contributed by atoms with E-state index >= 15 is 0 Å². The first-order chi connectivity index (χ1) is 25.6. The van der Waals surface area contributed by atoms with Crippen molar-refractivity contribution >= 4 is 77.5 Å². The Balaban J connectivity index is 0.000000151. The average molecular weight is 745 g/mol. The molecule has 0 atom stereocenters. The lowest BCUT2D eigenvalue weighted by Crippen LogP contribution is -2.07. The van der Waals surface area contributed by atoms with Gasteiger partial charge in [0.15, 0.2) is 0 Å². The topological polar surface area (TPSA) is 6.48 Å². The minimum atomic E-state index is 1.21. The van der Waals surface area contributed by atoms with Gasteiger partial charge >= 0.3 is 0 Å². The molecular weight excluding hydrogens is 709 g/mol. The molecule has 0 saturated heterocycles. The first-order valence-corrected chi connectivity index (χ1v) is 20.4. The molecule has 6 heteroatoms. The molecule has 0 amide bonds. The van der Waals surface area contributed by atoms with Crippen molar-refractivity contribution in [3.63, 3.8) is 0 Å². The summed E-state index contributed by atoms with van der Waals surface area (Å²) in [6, 6.07) is 64.5. The molecule has 4 aromatic heterocycles. The number of anilines is 4. The van der Waals surface area contributed by atoms with Crippen molar-refractivity contribution in [3.05, 3.63) is 182 Å². The van der Waals surface area contributed by atoms with E-state index in [2.05, 4.69) is 200 Å². The first-order valence-electron chi connectivity index (χ1n) is 17.1. The monoisotopic (exact) mass is 744 g/mol. The largest absolute Gasteiger partial charge is 0.336 e. The Kier molecular flexibility index (Phi) is 10.1. The van der Waals surface area contributed by atoms with Crippen LogP contribution < -0.4 is 9.80 Å². The second-order valence-electron chi connectivity index (χ2n) is 12.3. The standard InChI is InChI=1S/C25H19NS2.C21H17NS2/c1-26(21-13-7-11-18-8-5-6-12-20(18)21)25-17-16-24(28-25)23-15-14-22(27-23)19-9-3-2-4-10-19;1-22(17-10-6-3-7-11-17)21-15-14-20(24-21)19-13-12-18(23-19)16-8-4-2-5-9-16/h2-17H,1H3;2-15H,1H3. The number of hydrogen-bond acceptors (Lipinski definition) is 6. The minimum absolute atomic E-state index is 1.21. The lowest BCUT2D eigenvalue weighted by atomic mass is 10.1. The van der Waals surface area contributed by atoms with Crippen molar-refractivity contribution in [2.75, 3.05) is 23.9 Å². The molecule has 0 unspecified atom stereocenters. The van der Waals surface area contributed by atoms with Crippen molar-refractivity contribution in [2.24, 2.45) is 0 Å². The summed E-state index contributed by atoms with van der Waals surface area (Å²) in [4.78, 5) is 12.4. The van der Waals surface area contributed by atoms with Crippen LogP contribution in [0.3, 0.4) is 0 Å². The Morgan fingerprint density at radius 2 is 0.750 bits per heavy atom. The number of hydrogen-bond donors (Lipinski definition) is 0. The van der Waals surface area contributed by atoms with Crippen LogP contribution in [-0.4, -0.2) is 14.1 Å². The Hall–Kier alpha value is -5.24. The second kappa shape index (κ2) is 15.6. The molecule has 0 aliphatic carbocycles. The van der Waals surface area contributed by atoms with E-state index in [-0.39, 0.29) is 0 Å². The van der Waals surface area contributed by atoms with Crippen LogP contribution in [0.25, 0.3) is 51.2 Å². The molecule has 52 heavy (non-hydrogen) atoms. The Labute approximate surface area is 321 Å². The van der Waals surface area contributed by atoms with Gasteiger partial charge in [-0.1, -0.05) is 115 Å². The van der Waals surface area contributed by atoms with Gasteiger partial charge in [-0.2, -0.15) is 0 Å². The van der Waals surface area contributed by atoms with Crippen LogP contribution in [0.2, 0.25) is 0 Å². The summed E-state index contributed by atoms with van der Waals surface area (Å²) in [5.41, 5.74) is 5.01. The number of nitrogens with zero attached hydrogens (tertiary/aromatic N) is 2. The molecule has 0 spiro atoms. The van der Waals surface area contributed by atoms with Gasteiger partial charge in [-0.25, -0.2) is 0 Å². The van der Waals surface area contributed by atoms with Gasteiger partial charge in [0.25, 0.3) is 0 Å². The van der Waals surface area contributed by atoms with Crippen molar-refractivity contribution < 1.29 is 0 Å². The van der Waals surface area contributed by atoms with Crippen LogP contribution in [0.4, 0.5) is 21.4 Å². The normalized spacial score (nSPS) is 10.9. The van der Waals surface area contributed by atoms with E-state index in [1.165, 1.54) is 72.5 Å². The molecule has 0 aliphatic rings. The molecule has 5 aromatic carbocycles. The predicted molar refractivity (Wildman–Crippen MR) is 233 cm³/mol. The summed E-state index contributed by atoms with van der Waals surface area (Å²) in [7, 11) is 4.27. The highest BCUT2D eigenvalue weighted by Crippen LogP contribution is 2.43. The van der Waals surface area contributed by atoms with Gasteiger partial charge in [0.2, 0.25) is 0 Å². The maximum absolute atomic E-state index is 2.29. The SMILES string of the molecule is CN(c1ccc(-c2ccc(-c3ccccc3)s2)s1)c1cccc2ccccc12.CN(c1ccccc1)c1ccc(-c2ccc(-c3ccccc3)s2)s1. The predicted octanol–water partition coefficient (Wildman–Crippen LogP) is 15.0. The Bertz CT molecular complexity index is 2500. The van der Waals surface area contributed by atoms with Crippen molar-refractivity contribution in [2.45, 2.75) is 0 Å². The van der Waals surface area contributed by atoms with Crippen LogP contribution in [0.1, 0.15) is 0 Å². The van der Waals surface area contributed by atoms with Crippen molar-refractivity contribution in [3.8, 4) is 40.4 Å². The van der Waals surface area contributed by atoms with Crippen LogP contribution in [0.5, 0.6) is 0 Å². The third-order valence-electron chi connectivity index (χ3n) is 8.93. The Morgan fingerprint density at radius 3 is 1.33 bits per heavy atom. The summed E-state index contributed by atoms with van der Waals surface area (Å²) >= 11 is 7.38. The van der Waals surface area contributed by atoms with Gasteiger partial charge in [0.05, 0.1) is 10.0 Å². The fraction of sp³-hybridized carbons (Fsp3) is 0.0435. The van der Waals surface area contributed by atoms with Crippen LogP contribution >= 0.6 is 45.3 Å². The number of fused-ring (bicyclic) bond motifs is 1. The van der Waals surface area contributed by atoms with Gasteiger partial charge in [-0.05, 0) is 83.2 Å². The number of thiophene rings is 4. The van der Waals surface area contributed by atoms with Crippen LogP contribution in [0.15, 0.2) is 182 Å². The van der Waals surface area contributed by atoms with Crippen molar-refractivity contribution in [1.29, 1.82) is 0 Å². The van der Waals surface area contributed by atoms with Crippen LogP contribution in [-0.2, 0) is 0 Å². The first kappa shape index (κ1) is 33.9. The van der Waals surface area contributed by atoms with Gasteiger partial charge < -0.3 is 9.80 Å². The summed E-state index contributed by atoms with van der Waals surface area (Å²) in [5, 5.41) is 5.06. The fourth-order valence-corrected chi connectivity index (χ4v) is 10.3. The molecule has 0 fully saturated rings. The summed E-state index contributed by atoms with van der Waals surface area (Å²) < 4.78 is 0. The van der Waals surface area contributed by atoms with E-state index in [0.717, 1.165) is 0 Å². The zero-order valence-corrected chi connectivity index (χ0v) is 32.1. The molecule has 0 bridgehead atoms. The minimum Gasteiger partial charge on any atom is -0.336 e. The highest BCUT2D eigenvalue weighted by molar-refractivity contribution is 7.26. The molecule has 0 N–H and O–H groups in total. The van der Waals surface area contributed by atoms with Gasteiger partial charge in [0, 0.05) is 60.1 Å². The molecule has 9 rings (SSSR count). The lowest BCUT2D eigenvalue weighted by Gasteiger charge is -2.19. The third kappa shape index (κ3) is 7.38. The number of para-hydroxylation sites is 1. The van der Waals surface area contributed by atoms with E-state index in [9.17, 15) is 0 Å². The summed E-state index contributed by atoms with van der Waals surface area (Å²) in [6.07, 6.45) is 0. The zero-order chi connectivity index (χ0) is 35.3. The highest BCUT2D eigenvalue weighted by Gasteiger charge is 2.14. The third-order valence-corrected chi connectivity index (χ3v) is 13.9. The molecule has 254 valence electrons. The molecule has 9 aromatic rings. The molecular formula is C46H36N2S4. The van der Waals surface area contributed by atoms with E-state index in [1.54, 1.807) is 0 Å². The summed E-state index contributed by atoms with van der Waals surface area (Å²) in [6.45, 7) is 0. The van der Waals surface area contributed by atoms with E-state index in [4.69, 9.17) is 0 Å². The quantitative estimate of drug-likeness (QED) is 0.153. The maximum atomic E-state index is 2.29. The molecule has 0 saturated carbocycles. The smallest absolute Gasteiger partial charge is 0.0957 e. The van der Waals surface area contributed by atoms with E-state index in [1.807, 2.05) is 51.4 Å². The number of benzene rings is 5. The fourth-order valence-electron chi connectivity index (χ4n) is 6.13. The van der Waals surface area contributed by atoms with Gasteiger partial charge in [0.1, 0.15) is 0 Å². The average Bonchev–Trinajstić information content (AvgIpc) is 4.05. The van der Waals surface area contributed by atoms with Gasteiger partial charge in [-0.3, -0.25) is 0 Å². The van der Waals surface area contributed by atoms with Crippen molar-refractivity contribution in [1.82, 2.24) is 0 Å². The Morgan fingerprint density at radius 1 is 0.327 bits per heavy atom. The zero-order valence-electron chi connectivity index (χ0n) is 28.8. The highest BCUT2D eigenvalue weighted by atomic mass is 32.1. The van der Waals surface area contributed by atoms with E-state index < -0.39 is 0 Å². The maximum Gasteiger partial charge on any atom is 0.0957 e. The molecule has 4 heterocycles. The lowest BCUT2D eigenvalue weighted by molar-refractivity contribution is 1.24. The van der Waals surface area contributed by atoms with Gasteiger partial charge in [-0.15, -0.1) is 45.3 Å². The molecule has 0 radical (unpaired) electrons. The number of rotatable bonds is 8. The summed E-state index contributed by atoms with van der Waals surface area (Å²) in [5.74, 6) is 0. The molecule has 2 nitrogen and oxygen atoms in total.